The summed E-state index contributed by atoms with van der Waals surface area (Å²) in [5, 5.41) is 3.18. The first-order valence-corrected chi connectivity index (χ1v) is 9.80. The molecule has 0 fully saturated rings. The molecule has 26 heavy (non-hydrogen) atoms. The predicted molar refractivity (Wildman–Crippen MR) is 93.2 cm³/mol. The highest BCUT2D eigenvalue weighted by Crippen LogP contribution is 2.35. The van der Waals surface area contributed by atoms with E-state index in [-0.39, 0.29) is 40.1 Å². The van der Waals surface area contributed by atoms with Crippen molar-refractivity contribution >= 4 is 44.8 Å². The van der Waals surface area contributed by atoms with Gasteiger partial charge in [-0.05, 0) is 31.5 Å². The SMILES string of the molecule is Cc1c(Cl)c(C(F)(F)F)nn1CCCNS(=O)(=O)c1cc(Cl)ccc1Cl. The van der Waals surface area contributed by atoms with Crippen LogP contribution in [0.25, 0.3) is 0 Å². The van der Waals surface area contributed by atoms with Gasteiger partial charge in [-0.3, -0.25) is 4.68 Å². The molecule has 1 N–H and O–H groups in total. The maximum Gasteiger partial charge on any atom is 0.436 e. The van der Waals surface area contributed by atoms with Crippen molar-refractivity contribution < 1.29 is 21.6 Å². The number of sulfonamides is 1. The number of nitrogens with zero attached hydrogens (tertiary/aromatic N) is 2. The molecule has 0 saturated carbocycles. The van der Waals surface area contributed by atoms with Crippen molar-refractivity contribution in [2.75, 3.05) is 6.54 Å². The molecule has 1 heterocycles. The lowest BCUT2D eigenvalue weighted by molar-refractivity contribution is -0.141. The molecule has 0 radical (unpaired) electrons. The average Bonchev–Trinajstić information content (AvgIpc) is 2.82. The Kier molecular flexibility index (Phi) is 6.50. The Bertz CT molecular complexity index is 914. The van der Waals surface area contributed by atoms with E-state index >= 15 is 0 Å². The summed E-state index contributed by atoms with van der Waals surface area (Å²) in [5.74, 6) is 0. The number of alkyl halides is 3. The zero-order valence-corrected chi connectivity index (χ0v) is 16.3. The molecule has 0 unspecified atom stereocenters. The van der Waals surface area contributed by atoms with Gasteiger partial charge < -0.3 is 0 Å². The molecule has 2 aromatic rings. The first-order valence-electron chi connectivity index (χ1n) is 7.18. The van der Waals surface area contributed by atoms with Gasteiger partial charge in [0.2, 0.25) is 10.0 Å². The van der Waals surface area contributed by atoms with Gasteiger partial charge in [0.1, 0.15) is 4.90 Å². The van der Waals surface area contributed by atoms with Gasteiger partial charge in [-0.15, -0.1) is 0 Å². The number of hydrogen-bond acceptors (Lipinski definition) is 3. The second kappa shape index (κ2) is 7.93. The Labute approximate surface area is 163 Å². The maximum atomic E-state index is 12.8. The quantitative estimate of drug-likeness (QED) is 0.657. The topological polar surface area (TPSA) is 64.0 Å². The van der Waals surface area contributed by atoms with Gasteiger partial charge in [0.05, 0.1) is 15.7 Å². The highest BCUT2D eigenvalue weighted by molar-refractivity contribution is 7.89. The molecule has 0 spiro atoms. The van der Waals surface area contributed by atoms with Crippen molar-refractivity contribution in [1.82, 2.24) is 14.5 Å². The fraction of sp³-hybridized carbons (Fsp3) is 0.357. The molecule has 0 saturated heterocycles. The van der Waals surface area contributed by atoms with Crippen molar-refractivity contribution in [2.24, 2.45) is 0 Å². The van der Waals surface area contributed by atoms with Crippen LogP contribution in [0.4, 0.5) is 13.2 Å². The lowest BCUT2D eigenvalue weighted by Crippen LogP contribution is -2.26. The zero-order valence-electron chi connectivity index (χ0n) is 13.2. The minimum absolute atomic E-state index is 0.00595. The normalized spacial score (nSPS) is 12.6. The van der Waals surface area contributed by atoms with E-state index in [9.17, 15) is 21.6 Å². The van der Waals surface area contributed by atoms with Gasteiger partial charge in [-0.25, -0.2) is 13.1 Å². The van der Waals surface area contributed by atoms with E-state index in [1.165, 1.54) is 25.1 Å². The smallest absolute Gasteiger partial charge is 0.268 e. The van der Waals surface area contributed by atoms with Gasteiger partial charge in [-0.1, -0.05) is 34.8 Å². The molecule has 12 heteroatoms. The van der Waals surface area contributed by atoms with E-state index in [4.69, 9.17) is 34.8 Å². The van der Waals surface area contributed by atoms with Crippen molar-refractivity contribution in [3.8, 4) is 0 Å². The van der Waals surface area contributed by atoms with Gasteiger partial charge in [-0.2, -0.15) is 18.3 Å². The third-order valence-electron chi connectivity index (χ3n) is 3.42. The molecule has 0 aliphatic carbocycles. The van der Waals surface area contributed by atoms with Crippen LogP contribution in [0, 0.1) is 6.92 Å². The summed E-state index contributed by atoms with van der Waals surface area (Å²) in [6, 6.07) is 4.01. The van der Waals surface area contributed by atoms with Crippen LogP contribution >= 0.6 is 34.8 Å². The van der Waals surface area contributed by atoms with Crippen LogP contribution in [0.1, 0.15) is 17.8 Å². The number of nitrogens with one attached hydrogen (secondary N) is 1. The summed E-state index contributed by atoms with van der Waals surface area (Å²) in [6.07, 6.45) is -4.47. The molecule has 1 aromatic carbocycles. The van der Waals surface area contributed by atoms with E-state index in [0.717, 1.165) is 4.68 Å². The van der Waals surface area contributed by atoms with Crippen LogP contribution in [0.5, 0.6) is 0 Å². The zero-order chi connectivity index (χ0) is 19.7. The first kappa shape index (κ1) is 21.3. The Hall–Kier alpha value is -1.000. The lowest BCUT2D eigenvalue weighted by Gasteiger charge is -2.09. The van der Waals surface area contributed by atoms with Crippen LogP contribution in [-0.4, -0.2) is 24.7 Å². The highest BCUT2D eigenvalue weighted by atomic mass is 35.5. The fourth-order valence-corrected chi connectivity index (χ4v) is 4.20. The minimum atomic E-state index is -4.65. The third-order valence-corrected chi connectivity index (χ3v) is 6.05. The number of aromatic nitrogens is 2. The minimum Gasteiger partial charge on any atom is -0.268 e. The Morgan fingerprint density at radius 3 is 2.46 bits per heavy atom. The lowest BCUT2D eigenvalue weighted by atomic mass is 10.3. The summed E-state index contributed by atoms with van der Waals surface area (Å²) in [5.41, 5.74) is -1.01. The van der Waals surface area contributed by atoms with Gasteiger partial charge in [0, 0.05) is 18.1 Å². The number of benzene rings is 1. The summed E-state index contributed by atoms with van der Waals surface area (Å²) in [6.45, 7) is 1.41. The standard InChI is InChI=1S/C14H13Cl3F3N3O2S/c1-8-12(17)13(14(18,19)20)22-23(8)6-2-5-21-26(24,25)11-7-9(15)3-4-10(11)16/h3-4,7,21H,2,5-6H2,1H3. The Morgan fingerprint density at radius 1 is 1.23 bits per heavy atom. The van der Waals surface area contributed by atoms with Crippen LogP contribution < -0.4 is 4.72 Å². The molecule has 5 nitrogen and oxygen atoms in total. The van der Waals surface area contributed by atoms with E-state index in [2.05, 4.69) is 9.82 Å². The van der Waals surface area contributed by atoms with Crippen LogP contribution in [0.3, 0.4) is 0 Å². The molecule has 0 atom stereocenters. The number of rotatable bonds is 6. The number of halogens is 6. The van der Waals surface area contributed by atoms with E-state index < -0.39 is 26.9 Å². The van der Waals surface area contributed by atoms with Crippen LogP contribution in [-0.2, 0) is 22.7 Å². The maximum absolute atomic E-state index is 12.8. The molecule has 1 aromatic heterocycles. The molecule has 0 aliphatic rings. The highest BCUT2D eigenvalue weighted by Gasteiger charge is 2.38. The van der Waals surface area contributed by atoms with E-state index in [1.807, 2.05) is 0 Å². The second-order valence-corrected chi connectivity index (χ2v) is 8.25. The van der Waals surface area contributed by atoms with E-state index in [1.54, 1.807) is 0 Å². The fourth-order valence-electron chi connectivity index (χ4n) is 2.12. The molecule has 144 valence electrons. The summed E-state index contributed by atoms with van der Waals surface area (Å²) >= 11 is 17.3. The van der Waals surface area contributed by atoms with Gasteiger partial charge in [0.15, 0.2) is 5.69 Å². The summed E-state index contributed by atoms with van der Waals surface area (Å²) in [7, 11) is -3.91. The molecular weight excluding hydrogens is 438 g/mol. The Balaban J connectivity index is 2.02. The van der Waals surface area contributed by atoms with Crippen molar-refractivity contribution in [3.63, 3.8) is 0 Å². The molecule has 0 amide bonds. The molecule has 0 aliphatic heterocycles. The molecule has 2 rings (SSSR count). The average molecular weight is 451 g/mol. The van der Waals surface area contributed by atoms with Gasteiger partial charge >= 0.3 is 6.18 Å². The van der Waals surface area contributed by atoms with E-state index in [0.29, 0.717) is 0 Å². The monoisotopic (exact) mass is 449 g/mol. The first-order chi connectivity index (χ1) is 11.9. The largest absolute Gasteiger partial charge is 0.436 e. The van der Waals surface area contributed by atoms with Crippen LogP contribution in [0.15, 0.2) is 23.1 Å². The molecular formula is C14H13Cl3F3N3O2S. The molecule has 0 bridgehead atoms. The second-order valence-electron chi connectivity index (χ2n) is 5.29. The van der Waals surface area contributed by atoms with Crippen molar-refractivity contribution in [1.29, 1.82) is 0 Å². The Morgan fingerprint density at radius 2 is 1.88 bits per heavy atom. The summed E-state index contributed by atoms with van der Waals surface area (Å²) in [4.78, 5) is -0.177. The van der Waals surface area contributed by atoms with Gasteiger partial charge in [0.25, 0.3) is 0 Å². The van der Waals surface area contributed by atoms with Crippen molar-refractivity contribution in [3.05, 3.63) is 44.7 Å². The van der Waals surface area contributed by atoms with Crippen LogP contribution in [0.2, 0.25) is 15.1 Å². The third kappa shape index (κ3) is 4.83. The number of hydrogen-bond donors (Lipinski definition) is 1. The predicted octanol–water partition coefficient (Wildman–Crippen LogP) is 4.54. The van der Waals surface area contributed by atoms with Crippen molar-refractivity contribution in [2.45, 2.75) is 31.0 Å². The summed E-state index contributed by atoms with van der Waals surface area (Å²) < 4.78 is 66.2. The number of aryl methyl sites for hydroxylation is 1.